The molecule has 2 atom stereocenters. The number of aliphatic hydroxyl groups is 1. The van der Waals surface area contributed by atoms with Crippen LogP contribution in [0.15, 0.2) is 18.2 Å². The van der Waals surface area contributed by atoms with E-state index in [0.717, 1.165) is 0 Å². The topological polar surface area (TPSA) is 72.6 Å². The Morgan fingerprint density at radius 2 is 2.12 bits per heavy atom. The minimum atomic E-state index is -0.741. The molecule has 0 aliphatic heterocycles. The lowest BCUT2D eigenvalue weighted by Crippen LogP contribution is -2.30. The smallest absolute Gasteiger partial charge is 0.258 e. The molecule has 0 aliphatic rings. The number of halogens is 1. The molecule has 5 heteroatoms. The molecular formula is C11H14ClNO3. The van der Waals surface area contributed by atoms with E-state index in [-0.39, 0.29) is 0 Å². The van der Waals surface area contributed by atoms with E-state index >= 15 is 0 Å². The molecule has 4 nitrogen and oxygen atoms in total. The summed E-state index contributed by atoms with van der Waals surface area (Å²) in [6, 6.07) is 4.87. The average Bonchev–Trinajstić information content (AvgIpc) is 2.20. The van der Waals surface area contributed by atoms with Crippen molar-refractivity contribution in [3.63, 3.8) is 0 Å². The summed E-state index contributed by atoms with van der Waals surface area (Å²) < 4.78 is 5.25. The van der Waals surface area contributed by atoms with Crippen molar-refractivity contribution < 1.29 is 14.6 Å². The molecule has 0 radical (unpaired) electrons. The molecule has 88 valence electrons. The van der Waals surface area contributed by atoms with Crippen molar-refractivity contribution in [1.29, 1.82) is 0 Å². The molecule has 0 saturated heterocycles. The fourth-order valence-electron chi connectivity index (χ4n) is 1.12. The van der Waals surface area contributed by atoms with E-state index in [1.54, 1.807) is 32.0 Å². The van der Waals surface area contributed by atoms with Crippen LogP contribution < -0.4 is 10.5 Å². The number of amides is 1. The molecule has 0 saturated carbocycles. The van der Waals surface area contributed by atoms with Crippen LogP contribution in [0.25, 0.3) is 0 Å². The fraction of sp³-hybridized carbons (Fsp3) is 0.364. The van der Waals surface area contributed by atoms with Gasteiger partial charge in [0.1, 0.15) is 5.75 Å². The zero-order valence-electron chi connectivity index (χ0n) is 9.11. The van der Waals surface area contributed by atoms with E-state index in [0.29, 0.717) is 16.3 Å². The minimum Gasteiger partial charge on any atom is -0.479 e. The highest BCUT2D eigenvalue weighted by Gasteiger charge is 2.13. The van der Waals surface area contributed by atoms with Crippen LogP contribution in [0, 0.1) is 0 Å². The van der Waals surface area contributed by atoms with E-state index in [9.17, 15) is 9.90 Å². The standard InChI is InChI=1S/C11H14ClNO3/c1-6(14)8-3-4-10(9(12)5-8)16-7(2)11(13)15/h3-7,14H,1-2H3,(H2,13,15)/t6-,7?/m1/s1. The Bertz CT molecular complexity index is 393. The molecule has 1 amide bonds. The Balaban J connectivity index is 2.87. The van der Waals surface area contributed by atoms with Crippen LogP contribution in [0.1, 0.15) is 25.5 Å². The lowest BCUT2D eigenvalue weighted by atomic mass is 10.1. The molecule has 1 aromatic rings. The summed E-state index contributed by atoms with van der Waals surface area (Å²) in [6.07, 6.45) is -1.34. The van der Waals surface area contributed by atoms with Gasteiger partial charge in [0.25, 0.3) is 5.91 Å². The number of rotatable bonds is 4. The number of carbonyl (C=O) groups excluding carboxylic acids is 1. The zero-order valence-corrected chi connectivity index (χ0v) is 9.86. The van der Waals surface area contributed by atoms with Crippen molar-refractivity contribution in [2.45, 2.75) is 26.1 Å². The molecule has 1 rings (SSSR count). The average molecular weight is 244 g/mol. The Hall–Kier alpha value is -1.26. The summed E-state index contributed by atoms with van der Waals surface area (Å²) >= 11 is 5.93. The van der Waals surface area contributed by atoms with Gasteiger partial charge in [-0.15, -0.1) is 0 Å². The third-order valence-electron chi connectivity index (χ3n) is 2.14. The van der Waals surface area contributed by atoms with Crippen LogP contribution >= 0.6 is 11.6 Å². The van der Waals surface area contributed by atoms with E-state index in [4.69, 9.17) is 22.1 Å². The van der Waals surface area contributed by atoms with Gasteiger partial charge in [-0.25, -0.2) is 0 Å². The lowest BCUT2D eigenvalue weighted by Gasteiger charge is -2.14. The fourth-order valence-corrected chi connectivity index (χ4v) is 1.35. The Morgan fingerprint density at radius 1 is 1.50 bits per heavy atom. The first kappa shape index (κ1) is 12.8. The first-order valence-electron chi connectivity index (χ1n) is 4.85. The number of ether oxygens (including phenoxy) is 1. The van der Waals surface area contributed by atoms with Crippen LogP contribution in [0.4, 0.5) is 0 Å². The zero-order chi connectivity index (χ0) is 12.3. The predicted octanol–water partition coefficient (Wildman–Crippen LogP) is 1.65. The molecule has 1 unspecified atom stereocenters. The van der Waals surface area contributed by atoms with Gasteiger partial charge in [0.15, 0.2) is 6.10 Å². The van der Waals surface area contributed by atoms with Gasteiger partial charge in [0.05, 0.1) is 11.1 Å². The Morgan fingerprint density at radius 3 is 2.56 bits per heavy atom. The quantitative estimate of drug-likeness (QED) is 0.845. The largest absolute Gasteiger partial charge is 0.479 e. The van der Waals surface area contributed by atoms with Crippen molar-refractivity contribution in [1.82, 2.24) is 0 Å². The van der Waals surface area contributed by atoms with Gasteiger partial charge < -0.3 is 15.6 Å². The van der Waals surface area contributed by atoms with Crippen molar-refractivity contribution in [2.24, 2.45) is 5.73 Å². The number of aliphatic hydroxyl groups excluding tert-OH is 1. The first-order chi connectivity index (χ1) is 7.41. The lowest BCUT2D eigenvalue weighted by molar-refractivity contribution is -0.123. The molecule has 0 bridgehead atoms. The number of carbonyl (C=O) groups is 1. The first-order valence-corrected chi connectivity index (χ1v) is 5.23. The SMILES string of the molecule is CC(Oc1ccc([C@@H](C)O)cc1Cl)C(N)=O. The minimum absolute atomic E-state index is 0.339. The van der Waals surface area contributed by atoms with Crippen LogP contribution in [0.3, 0.4) is 0 Å². The highest BCUT2D eigenvalue weighted by Crippen LogP contribution is 2.28. The van der Waals surface area contributed by atoms with Gasteiger partial charge in [-0.2, -0.15) is 0 Å². The van der Waals surface area contributed by atoms with Gasteiger partial charge in [-0.1, -0.05) is 17.7 Å². The van der Waals surface area contributed by atoms with Crippen molar-refractivity contribution in [2.75, 3.05) is 0 Å². The summed E-state index contributed by atoms with van der Waals surface area (Å²) in [5, 5.41) is 9.67. The summed E-state index contributed by atoms with van der Waals surface area (Å²) in [6.45, 7) is 3.18. The van der Waals surface area contributed by atoms with E-state index in [1.165, 1.54) is 0 Å². The second-order valence-electron chi connectivity index (χ2n) is 3.53. The number of primary amides is 1. The van der Waals surface area contributed by atoms with Gasteiger partial charge in [-0.05, 0) is 31.5 Å². The number of hydrogen-bond acceptors (Lipinski definition) is 3. The second-order valence-corrected chi connectivity index (χ2v) is 3.94. The van der Waals surface area contributed by atoms with Gasteiger partial charge in [0.2, 0.25) is 0 Å². The van der Waals surface area contributed by atoms with Gasteiger partial charge in [-0.3, -0.25) is 4.79 Å². The highest BCUT2D eigenvalue weighted by atomic mass is 35.5. The summed E-state index contributed by atoms with van der Waals surface area (Å²) in [5.74, 6) is -0.187. The normalized spacial score (nSPS) is 14.2. The number of benzene rings is 1. The maximum Gasteiger partial charge on any atom is 0.258 e. The Labute approximate surface area is 99.0 Å². The van der Waals surface area contributed by atoms with Crippen LogP contribution in [-0.2, 0) is 4.79 Å². The van der Waals surface area contributed by atoms with E-state index < -0.39 is 18.1 Å². The van der Waals surface area contributed by atoms with E-state index in [2.05, 4.69) is 0 Å². The molecule has 0 heterocycles. The van der Waals surface area contributed by atoms with Crippen molar-refractivity contribution >= 4 is 17.5 Å². The molecular weight excluding hydrogens is 230 g/mol. The molecule has 0 spiro atoms. The van der Waals surface area contributed by atoms with Crippen LogP contribution in [0.5, 0.6) is 5.75 Å². The monoisotopic (exact) mass is 243 g/mol. The predicted molar refractivity (Wildman–Crippen MR) is 61.4 cm³/mol. The second kappa shape index (κ2) is 5.18. The number of hydrogen-bond donors (Lipinski definition) is 2. The Kier molecular flexibility index (Phi) is 4.15. The van der Waals surface area contributed by atoms with E-state index in [1.807, 2.05) is 0 Å². The van der Waals surface area contributed by atoms with Crippen LogP contribution in [0.2, 0.25) is 5.02 Å². The third-order valence-corrected chi connectivity index (χ3v) is 2.44. The van der Waals surface area contributed by atoms with Crippen molar-refractivity contribution in [3.8, 4) is 5.75 Å². The molecule has 3 N–H and O–H groups in total. The highest BCUT2D eigenvalue weighted by molar-refractivity contribution is 6.32. The summed E-state index contributed by atoms with van der Waals surface area (Å²) in [7, 11) is 0. The van der Waals surface area contributed by atoms with Crippen LogP contribution in [-0.4, -0.2) is 17.1 Å². The summed E-state index contributed by atoms with van der Waals surface area (Å²) in [4.78, 5) is 10.8. The maximum atomic E-state index is 10.8. The summed E-state index contributed by atoms with van der Waals surface area (Å²) in [5.41, 5.74) is 5.75. The molecule has 0 aromatic heterocycles. The van der Waals surface area contributed by atoms with Crippen molar-refractivity contribution in [3.05, 3.63) is 28.8 Å². The maximum absolute atomic E-state index is 10.8. The van der Waals surface area contributed by atoms with Gasteiger partial charge >= 0.3 is 0 Å². The van der Waals surface area contributed by atoms with Gasteiger partial charge in [0, 0.05) is 0 Å². The molecule has 0 fully saturated rings. The third kappa shape index (κ3) is 3.12. The molecule has 16 heavy (non-hydrogen) atoms. The molecule has 0 aliphatic carbocycles. The number of nitrogens with two attached hydrogens (primary N) is 1. The molecule has 1 aromatic carbocycles.